The molecule has 0 spiro atoms. The summed E-state index contributed by atoms with van der Waals surface area (Å²) in [5.74, 6) is 1.72. The van der Waals surface area contributed by atoms with E-state index in [4.69, 9.17) is 4.42 Å². The Morgan fingerprint density at radius 3 is 2.40 bits per heavy atom. The number of nitrogens with zero attached hydrogens (tertiary/aromatic N) is 3. The summed E-state index contributed by atoms with van der Waals surface area (Å²) in [5, 5.41) is 8.86. The second kappa shape index (κ2) is 5.73. The molecule has 2 heterocycles. The molecule has 2 aromatic heterocycles. The van der Waals surface area contributed by atoms with Gasteiger partial charge in [0, 0.05) is 21.1 Å². The van der Waals surface area contributed by atoms with Crippen LogP contribution < -0.4 is 0 Å². The second-order valence-electron chi connectivity index (χ2n) is 5.73. The topological polar surface area (TPSA) is 68.9 Å². The van der Waals surface area contributed by atoms with Gasteiger partial charge in [-0.15, -0.1) is 21.5 Å². The van der Waals surface area contributed by atoms with Crippen molar-refractivity contribution in [3.63, 3.8) is 0 Å². The summed E-state index contributed by atoms with van der Waals surface area (Å²) < 4.78 is 17.7. The summed E-state index contributed by atoms with van der Waals surface area (Å²) in [6.07, 6.45) is 0. The fourth-order valence-corrected chi connectivity index (χ4v) is 3.74. The number of hydrogen-bond donors (Lipinski definition) is 0. The zero-order valence-corrected chi connectivity index (χ0v) is 14.0. The Balaban J connectivity index is 1.99. The highest BCUT2D eigenvalue weighted by Gasteiger charge is 2.22. The molecule has 2 aromatic rings. The van der Waals surface area contributed by atoms with Crippen molar-refractivity contribution in [1.82, 2.24) is 15.2 Å². The smallest absolute Gasteiger partial charge is 0.229 e. The van der Waals surface area contributed by atoms with Crippen molar-refractivity contribution in [3.05, 3.63) is 27.4 Å². The van der Waals surface area contributed by atoms with Crippen molar-refractivity contribution in [2.45, 2.75) is 51.5 Å². The molecule has 7 heteroatoms. The standard InChI is InChI=1S/C13H19N3O2S2/c1-8-9(2)19-11(14-8)7-20(17)6-10-15-16-12(18-10)13(3,4)5/h6-7H2,1-5H3/t20-/m1/s1. The monoisotopic (exact) mass is 313 g/mol. The maximum Gasteiger partial charge on any atom is 0.229 e. The average molecular weight is 313 g/mol. The molecule has 0 N–H and O–H groups in total. The van der Waals surface area contributed by atoms with Crippen molar-refractivity contribution in [3.8, 4) is 0 Å². The van der Waals surface area contributed by atoms with E-state index in [-0.39, 0.29) is 11.2 Å². The second-order valence-corrected chi connectivity index (χ2v) is 8.47. The van der Waals surface area contributed by atoms with Gasteiger partial charge in [0.15, 0.2) is 0 Å². The minimum absolute atomic E-state index is 0.184. The molecule has 0 amide bonds. The molecule has 110 valence electrons. The lowest BCUT2D eigenvalue weighted by molar-refractivity contribution is 0.378. The number of thiazole rings is 1. The number of hydrogen-bond acceptors (Lipinski definition) is 6. The molecule has 0 bridgehead atoms. The Morgan fingerprint density at radius 1 is 1.20 bits per heavy atom. The fourth-order valence-electron chi connectivity index (χ4n) is 1.54. The van der Waals surface area contributed by atoms with Crippen LogP contribution in [-0.4, -0.2) is 19.4 Å². The van der Waals surface area contributed by atoms with Crippen molar-refractivity contribution >= 4 is 22.1 Å². The molecule has 0 fully saturated rings. The van der Waals surface area contributed by atoms with E-state index in [0.29, 0.717) is 17.5 Å². The maximum absolute atomic E-state index is 12.1. The molecule has 5 nitrogen and oxygen atoms in total. The predicted molar refractivity (Wildman–Crippen MR) is 80.1 cm³/mol. The first-order valence-electron chi connectivity index (χ1n) is 6.36. The minimum Gasteiger partial charge on any atom is -0.424 e. The zero-order chi connectivity index (χ0) is 14.9. The largest absolute Gasteiger partial charge is 0.424 e. The molecule has 0 unspecified atom stereocenters. The predicted octanol–water partition coefficient (Wildman–Crippen LogP) is 2.89. The lowest BCUT2D eigenvalue weighted by Crippen LogP contribution is -2.11. The zero-order valence-electron chi connectivity index (χ0n) is 12.4. The average Bonchev–Trinajstić information content (AvgIpc) is 2.86. The van der Waals surface area contributed by atoms with E-state index in [1.165, 1.54) is 4.88 Å². The van der Waals surface area contributed by atoms with Crippen molar-refractivity contribution < 1.29 is 8.63 Å². The van der Waals surface area contributed by atoms with Crippen LogP contribution in [0.2, 0.25) is 0 Å². The number of rotatable bonds is 4. The highest BCUT2D eigenvalue weighted by Crippen LogP contribution is 2.22. The van der Waals surface area contributed by atoms with Crippen LogP contribution in [0, 0.1) is 13.8 Å². The molecule has 0 saturated carbocycles. The molecule has 0 radical (unpaired) electrons. The molecule has 0 aromatic carbocycles. The highest BCUT2D eigenvalue weighted by atomic mass is 32.2. The van der Waals surface area contributed by atoms with Gasteiger partial charge in [0.25, 0.3) is 0 Å². The Morgan fingerprint density at radius 2 is 1.90 bits per heavy atom. The fraction of sp³-hybridized carbons (Fsp3) is 0.615. The lowest BCUT2D eigenvalue weighted by Gasteiger charge is -2.10. The van der Waals surface area contributed by atoms with E-state index >= 15 is 0 Å². The van der Waals surface area contributed by atoms with Gasteiger partial charge in [-0.1, -0.05) is 20.8 Å². The van der Waals surface area contributed by atoms with Gasteiger partial charge in [0.1, 0.15) is 10.8 Å². The summed E-state index contributed by atoms with van der Waals surface area (Å²) in [6, 6.07) is 0. The van der Waals surface area contributed by atoms with Gasteiger partial charge in [0.05, 0.1) is 11.4 Å². The number of aromatic nitrogens is 3. The first-order chi connectivity index (χ1) is 9.25. The van der Waals surface area contributed by atoms with Crippen molar-refractivity contribution in [2.75, 3.05) is 0 Å². The van der Waals surface area contributed by atoms with Crippen LogP contribution in [0.15, 0.2) is 4.42 Å². The Kier molecular flexibility index (Phi) is 4.39. The molecule has 1 atom stereocenters. The lowest BCUT2D eigenvalue weighted by atomic mass is 9.97. The SMILES string of the molecule is Cc1nc(C[S@](=O)Cc2nnc(C(C)(C)C)o2)sc1C. The quantitative estimate of drug-likeness (QED) is 0.868. The van der Waals surface area contributed by atoms with Gasteiger partial charge in [-0.2, -0.15) is 0 Å². The van der Waals surface area contributed by atoms with Crippen LogP contribution in [-0.2, 0) is 27.7 Å². The Hall–Kier alpha value is -1.08. The van der Waals surface area contributed by atoms with Gasteiger partial charge in [0.2, 0.25) is 11.8 Å². The van der Waals surface area contributed by atoms with E-state index in [1.807, 2.05) is 34.6 Å². The summed E-state index contributed by atoms with van der Waals surface area (Å²) >= 11 is 1.59. The van der Waals surface area contributed by atoms with Crippen LogP contribution in [0.4, 0.5) is 0 Å². The molecular weight excluding hydrogens is 294 g/mol. The van der Waals surface area contributed by atoms with Gasteiger partial charge < -0.3 is 4.42 Å². The molecule has 0 aliphatic heterocycles. The Bertz CT molecular complexity index is 606. The van der Waals surface area contributed by atoms with Crippen molar-refractivity contribution in [1.29, 1.82) is 0 Å². The van der Waals surface area contributed by atoms with Crippen LogP contribution >= 0.6 is 11.3 Å². The first kappa shape index (κ1) is 15.3. The minimum atomic E-state index is -1.08. The third-order valence-electron chi connectivity index (χ3n) is 2.75. The van der Waals surface area contributed by atoms with Gasteiger partial charge >= 0.3 is 0 Å². The third kappa shape index (κ3) is 3.73. The summed E-state index contributed by atoms with van der Waals surface area (Å²) in [4.78, 5) is 5.57. The van der Waals surface area contributed by atoms with E-state index in [9.17, 15) is 4.21 Å². The molecule has 20 heavy (non-hydrogen) atoms. The van der Waals surface area contributed by atoms with Crippen LogP contribution in [0.25, 0.3) is 0 Å². The van der Waals surface area contributed by atoms with Crippen molar-refractivity contribution in [2.24, 2.45) is 0 Å². The van der Waals surface area contributed by atoms with Crippen LogP contribution in [0.1, 0.15) is 48.1 Å². The molecule has 0 aliphatic rings. The first-order valence-corrected chi connectivity index (χ1v) is 8.67. The normalized spacial score (nSPS) is 13.7. The summed E-state index contributed by atoms with van der Waals surface area (Å²) in [6.45, 7) is 9.99. The van der Waals surface area contributed by atoms with E-state index in [1.54, 1.807) is 11.3 Å². The maximum atomic E-state index is 12.1. The van der Waals surface area contributed by atoms with Crippen LogP contribution in [0.3, 0.4) is 0 Å². The summed E-state index contributed by atoms with van der Waals surface area (Å²) in [5.41, 5.74) is 0.825. The van der Waals surface area contributed by atoms with Gasteiger partial charge in [-0.05, 0) is 13.8 Å². The van der Waals surface area contributed by atoms with E-state index in [0.717, 1.165) is 10.7 Å². The Labute approximate surface area is 125 Å². The third-order valence-corrected chi connectivity index (χ3v) is 5.17. The molecular formula is C13H19N3O2S2. The molecule has 0 aliphatic carbocycles. The van der Waals surface area contributed by atoms with Crippen LogP contribution in [0.5, 0.6) is 0 Å². The van der Waals surface area contributed by atoms with Gasteiger partial charge in [-0.25, -0.2) is 4.98 Å². The van der Waals surface area contributed by atoms with E-state index in [2.05, 4.69) is 15.2 Å². The molecule has 2 rings (SSSR count). The highest BCUT2D eigenvalue weighted by molar-refractivity contribution is 7.83. The molecule has 0 saturated heterocycles. The number of aryl methyl sites for hydroxylation is 2. The van der Waals surface area contributed by atoms with E-state index < -0.39 is 10.8 Å². The summed E-state index contributed by atoms with van der Waals surface area (Å²) in [7, 11) is -1.08. The van der Waals surface area contributed by atoms with Gasteiger partial charge in [-0.3, -0.25) is 4.21 Å².